The van der Waals surface area contributed by atoms with E-state index in [4.69, 9.17) is 19.0 Å². The zero-order valence-corrected chi connectivity index (χ0v) is 32.9. The molecule has 4 unspecified atom stereocenters. The number of nitrogens with zero attached hydrogens (tertiary/aromatic N) is 1. The standard InChI is InChI=1S/C24H44FNO5.C8H16O3.C3H8.C2H6/c1-10-18-24(8,9)21(28)16(4)19(26-30-13-25)14(2)11-23(6,7)12-15(3)20(27)17(5)22(29)31-18;1-6-7(9)8(2,10-3)4-5-11-6;1-3-2;1-2/h14-18,20-21,27-28H,10-13H2,1-9H3;6-7,9H,4-5H2,1-3H3;3H2,1-2H3;1-2H3/b26-19+;;;/t14-,15-,16?,17?,18-,20+,21?;6?,7-,8+;;/m10../s1. The first-order valence-electron chi connectivity index (χ1n) is 17.9. The quantitative estimate of drug-likeness (QED) is 0.204. The number of aliphatic hydroxyl groups is 3. The van der Waals surface area contributed by atoms with Gasteiger partial charge in [0.2, 0.25) is 0 Å². The molecule has 2 aliphatic heterocycles. The zero-order valence-electron chi connectivity index (χ0n) is 32.9. The maximum absolute atomic E-state index is 12.9. The third-order valence-corrected chi connectivity index (χ3v) is 9.60. The van der Waals surface area contributed by atoms with Crippen LogP contribution in [-0.2, 0) is 23.8 Å². The van der Waals surface area contributed by atoms with Crippen molar-refractivity contribution in [2.75, 3.05) is 20.6 Å². The lowest BCUT2D eigenvalue weighted by Gasteiger charge is -2.42. The summed E-state index contributed by atoms with van der Waals surface area (Å²) in [6.45, 7) is 29.0. The molecule has 0 aromatic heterocycles. The number of carbonyl (C=O) groups is 1. The van der Waals surface area contributed by atoms with Crippen molar-refractivity contribution in [3.63, 3.8) is 0 Å². The van der Waals surface area contributed by atoms with Gasteiger partial charge in [-0.05, 0) is 57.3 Å². The normalized spacial score (nSPS) is 36.9. The van der Waals surface area contributed by atoms with E-state index in [-0.39, 0.29) is 23.4 Å². The van der Waals surface area contributed by atoms with Crippen molar-refractivity contribution < 1.29 is 43.6 Å². The molecular formula is C37H74FNO8. The number of aliphatic hydroxyl groups excluding tert-OH is 3. The summed E-state index contributed by atoms with van der Waals surface area (Å²) in [5.74, 6) is -1.75. The fourth-order valence-electron chi connectivity index (χ4n) is 6.77. The summed E-state index contributed by atoms with van der Waals surface area (Å²) in [6.07, 6.45) is 0.998. The molecule has 0 bridgehead atoms. The van der Waals surface area contributed by atoms with Gasteiger partial charge in [-0.3, -0.25) is 4.79 Å². The highest BCUT2D eigenvalue weighted by molar-refractivity contribution is 5.88. The van der Waals surface area contributed by atoms with E-state index >= 15 is 0 Å². The summed E-state index contributed by atoms with van der Waals surface area (Å²) in [5, 5.41) is 35.8. The summed E-state index contributed by atoms with van der Waals surface area (Å²) in [7, 11) is 1.63. The number of methoxy groups -OCH3 is 1. The van der Waals surface area contributed by atoms with E-state index in [2.05, 4.69) is 32.9 Å². The topological polar surface area (TPSA) is 127 Å². The van der Waals surface area contributed by atoms with Crippen LogP contribution in [0, 0.1) is 34.5 Å². The average molecular weight is 680 g/mol. The van der Waals surface area contributed by atoms with Crippen molar-refractivity contribution >= 4 is 11.7 Å². The van der Waals surface area contributed by atoms with Crippen molar-refractivity contribution in [3.05, 3.63) is 0 Å². The van der Waals surface area contributed by atoms with Gasteiger partial charge >= 0.3 is 5.97 Å². The Morgan fingerprint density at radius 1 is 0.915 bits per heavy atom. The van der Waals surface area contributed by atoms with Crippen LogP contribution in [0.25, 0.3) is 0 Å². The number of oxime groups is 1. The fourth-order valence-corrected chi connectivity index (χ4v) is 6.77. The van der Waals surface area contributed by atoms with Crippen LogP contribution in [0.1, 0.15) is 136 Å². The molecule has 0 spiro atoms. The van der Waals surface area contributed by atoms with Crippen LogP contribution in [0.3, 0.4) is 0 Å². The lowest BCUT2D eigenvalue weighted by atomic mass is 9.69. The Balaban J connectivity index is 0. The molecule has 2 aliphatic rings. The minimum atomic E-state index is -1.04. The van der Waals surface area contributed by atoms with Crippen LogP contribution >= 0.6 is 0 Å². The molecule has 282 valence electrons. The highest BCUT2D eigenvalue weighted by Gasteiger charge is 2.45. The number of cyclic esters (lactones) is 1. The molecule has 10 atom stereocenters. The summed E-state index contributed by atoms with van der Waals surface area (Å²) in [6, 6.07) is 0. The monoisotopic (exact) mass is 680 g/mol. The zero-order chi connectivity index (χ0) is 37.3. The van der Waals surface area contributed by atoms with Crippen LogP contribution < -0.4 is 0 Å². The minimum absolute atomic E-state index is 0.0747. The molecule has 2 rings (SSSR count). The maximum Gasteiger partial charge on any atom is 0.311 e. The smallest absolute Gasteiger partial charge is 0.311 e. The number of halogens is 1. The van der Waals surface area contributed by atoms with Crippen LogP contribution in [0.2, 0.25) is 0 Å². The number of hydrogen-bond donors (Lipinski definition) is 3. The third-order valence-electron chi connectivity index (χ3n) is 9.60. The molecule has 0 saturated carbocycles. The Bertz CT molecular complexity index is 884. The lowest BCUT2D eigenvalue weighted by molar-refractivity contribution is -0.188. The highest BCUT2D eigenvalue weighted by atomic mass is 19.1. The lowest BCUT2D eigenvalue weighted by Crippen LogP contribution is -2.52. The highest BCUT2D eigenvalue weighted by Crippen LogP contribution is 2.40. The summed E-state index contributed by atoms with van der Waals surface area (Å²) < 4.78 is 29.1. The van der Waals surface area contributed by atoms with Gasteiger partial charge < -0.3 is 34.4 Å². The van der Waals surface area contributed by atoms with Crippen LogP contribution in [0.5, 0.6) is 0 Å². The first kappa shape index (κ1) is 47.8. The maximum atomic E-state index is 12.9. The Morgan fingerprint density at radius 3 is 1.89 bits per heavy atom. The predicted octanol–water partition coefficient (Wildman–Crippen LogP) is 7.72. The molecule has 10 heteroatoms. The second-order valence-electron chi connectivity index (χ2n) is 14.9. The molecule has 0 aromatic rings. The van der Waals surface area contributed by atoms with Gasteiger partial charge in [-0.15, -0.1) is 0 Å². The SMILES string of the molecule is CC.CCC.CC[C@H]1OC(=O)C(C)[C@@H](O)[C@H](C)CC(C)(C)C[C@@H](C)/C(=N\OCF)C(C)C(O)C1(C)C.CO[C@]1(C)CCOC(C)[C@@H]1O. The molecule has 2 fully saturated rings. The number of carbonyl (C=O) groups excluding carboxylic acids is 1. The van der Waals surface area contributed by atoms with Crippen molar-refractivity contribution in [1.29, 1.82) is 0 Å². The molecule has 0 amide bonds. The van der Waals surface area contributed by atoms with Crippen LogP contribution in [0.4, 0.5) is 4.39 Å². The Hall–Kier alpha value is -1.33. The van der Waals surface area contributed by atoms with E-state index < -0.39 is 60.1 Å². The van der Waals surface area contributed by atoms with Crippen molar-refractivity contribution in [3.8, 4) is 0 Å². The molecule has 2 heterocycles. The Morgan fingerprint density at radius 2 is 1.45 bits per heavy atom. The van der Waals surface area contributed by atoms with E-state index in [1.54, 1.807) is 14.0 Å². The van der Waals surface area contributed by atoms with Gasteiger partial charge in [-0.1, -0.05) is 94.7 Å². The third kappa shape index (κ3) is 14.6. The van der Waals surface area contributed by atoms with E-state index in [1.165, 1.54) is 6.42 Å². The van der Waals surface area contributed by atoms with Crippen LogP contribution in [-0.4, -0.2) is 83.7 Å². The average Bonchev–Trinajstić information content (AvgIpc) is 3.01. The first-order chi connectivity index (χ1) is 21.7. The van der Waals surface area contributed by atoms with Crippen LogP contribution in [0.15, 0.2) is 5.16 Å². The van der Waals surface area contributed by atoms with Gasteiger partial charge in [0, 0.05) is 31.5 Å². The second kappa shape index (κ2) is 22.4. The van der Waals surface area contributed by atoms with Crippen molar-refractivity contribution in [2.45, 2.75) is 172 Å². The molecule has 0 radical (unpaired) electrons. The van der Waals surface area contributed by atoms with Gasteiger partial charge in [0.15, 0.2) is 0 Å². The van der Waals surface area contributed by atoms with E-state index in [0.29, 0.717) is 31.6 Å². The largest absolute Gasteiger partial charge is 0.461 e. The first-order valence-corrected chi connectivity index (χ1v) is 17.9. The molecule has 3 N–H and O–H groups in total. The molecular weight excluding hydrogens is 605 g/mol. The summed E-state index contributed by atoms with van der Waals surface area (Å²) in [4.78, 5) is 17.6. The van der Waals surface area contributed by atoms with Gasteiger partial charge in [0.1, 0.15) is 12.2 Å². The second-order valence-corrected chi connectivity index (χ2v) is 14.9. The number of rotatable bonds is 4. The van der Waals surface area contributed by atoms with Gasteiger partial charge in [0.25, 0.3) is 6.86 Å². The number of alkyl halides is 1. The van der Waals surface area contributed by atoms with Crippen molar-refractivity contribution in [2.24, 2.45) is 39.7 Å². The number of hydrogen-bond acceptors (Lipinski definition) is 9. The molecule has 0 aliphatic carbocycles. The summed E-state index contributed by atoms with van der Waals surface area (Å²) >= 11 is 0. The molecule has 2 saturated heterocycles. The fraction of sp³-hybridized carbons (Fsp3) is 0.946. The van der Waals surface area contributed by atoms with E-state index in [1.807, 2.05) is 69.2 Å². The van der Waals surface area contributed by atoms with Gasteiger partial charge in [-0.25, -0.2) is 4.39 Å². The van der Waals surface area contributed by atoms with Gasteiger partial charge in [-0.2, -0.15) is 0 Å². The molecule has 0 aromatic carbocycles. The van der Waals surface area contributed by atoms with E-state index in [9.17, 15) is 24.5 Å². The molecule has 47 heavy (non-hydrogen) atoms. The summed E-state index contributed by atoms with van der Waals surface area (Å²) in [5.41, 5.74) is -0.810. The van der Waals surface area contributed by atoms with Gasteiger partial charge in [0.05, 0.1) is 35.5 Å². The minimum Gasteiger partial charge on any atom is -0.461 e. The molecule has 9 nitrogen and oxygen atoms in total. The Kier molecular flexibility index (Phi) is 22.8. The number of esters is 1. The number of ether oxygens (including phenoxy) is 3. The van der Waals surface area contributed by atoms with Crippen molar-refractivity contribution in [1.82, 2.24) is 0 Å². The predicted molar refractivity (Wildman–Crippen MR) is 189 cm³/mol. The Labute approximate surface area is 287 Å². The van der Waals surface area contributed by atoms with E-state index in [0.717, 1.165) is 6.42 Å².